The van der Waals surface area contributed by atoms with Crippen molar-refractivity contribution < 1.29 is 0 Å². The van der Waals surface area contributed by atoms with Crippen molar-refractivity contribution in [3.05, 3.63) is 29.6 Å². The summed E-state index contributed by atoms with van der Waals surface area (Å²) < 4.78 is 0. The molecule has 1 aromatic heterocycles. The average molecular weight is 316 g/mol. The van der Waals surface area contributed by atoms with E-state index >= 15 is 0 Å². The summed E-state index contributed by atoms with van der Waals surface area (Å²) in [7, 11) is 1.89. The van der Waals surface area contributed by atoms with E-state index in [0.717, 1.165) is 32.0 Å². The molecule has 2 heterocycles. The van der Waals surface area contributed by atoms with E-state index in [2.05, 4.69) is 47.0 Å². The Morgan fingerprint density at radius 2 is 2.30 bits per heavy atom. The van der Waals surface area contributed by atoms with Crippen molar-refractivity contribution in [3.63, 3.8) is 0 Å². The maximum Gasteiger partial charge on any atom is 0.193 e. The van der Waals surface area contributed by atoms with E-state index < -0.39 is 0 Å². The number of hydrogen-bond donors (Lipinski definition) is 1. The van der Waals surface area contributed by atoms with Gasteiger partial charge in [0.05, 0.1) is 0 Å². The Kier molecular flexibility index (Phi) is 6.43. The van der Waals surface area contributed by atoms with Crippen LogP contribution in [0.15, 0.2) is 23.5 Å². The zero-order valence-electron chi connectivity index (χ0n) is 15.2. The molecule has 0 radical (unpaired) electrons. The number of aromatic nitrogens is 1. The number of aliphatic imine (C=N–C) groups is 1. The van der Waals surface area contributed by atoms with E-state index in [0.29, 0.717) is 5.41 Å². The second-order valence-electron chi connectivity index (χ2n) is 7.11. The number of nitrogens with one attached hydrogen (secondary N) is 1. The monoisotopic (exact) mass is 316 g/mol. The standard InChI is InChI=1S/C19H32N4/c1-5-9-19(3)10-6-13-23(15-19)18(20-4)22-12-8-17-7-11-21-14-16(17)2/h7,11,14H,5-6,8-10,12-13,15H2,1-4H3,(H,20,22). The first-order chi connectivity index (χ1) is 11.1. The van der Waals surface area contributed by atoms with Crippen molar-refractivity contribution in [1.29, 1.82) is 0 Å². The molecule has 1 aromatic rings. The van der Waals surface area contributed by atoms with Gasteiger partial charge in [0, 0.05) is 39.1 Å². The predicted molar refractivity (Wildman–Crippen MR) is 97.9 cm³/mol. The minimum atomic E-state index is 0.437. The second kappa shape index (κ2) is 8.32. The molecule has 0 bridgehead atoms. The molecule has 0 spiro atoms. The Bertz CT molecular complexity index is 522. The van der Waals surface area contributed by atoms with Crippen molar-refractivity contribution in [1.82, 2.24) is 15.2 Å². The van der Waals surface area contributed by atoms with Crippen LogP contribution in [0.2, 0.25) is 0 Å². The van der Waals surface area contributed by atoms with Crippen LogP contribution in [0.25, 0.3) is 0 Å². The lowest BCUT2D eigenvalue weighted by atomic mass is 9.78. The number of aryl methyl sites for hydroxylation is 1. The molecule has 2 rings (SSSR count). The smallest absolute Gasteiger partial charge is 0.193 e. The Labute approximate surface area is 141 Å². The van der Waals surface area contributed by atoms with Gasteiger partial charge in [-0.05, 0) is 55.2 Å². The van der Waals surface area contributed by atoms with E-state index in [9.17, 15) is 0 Å². The van der Waals surface area contributed by atoms with Gasteiger partial charge in [-0.15, -0.1) is 0 Å². The molecular weight excluding hydrogens is 284 g/mol. The molecular formula is C19H32N4. The summed E-state index contributed by atoms with van der Waals surface area (Å²) in [5.41, 5.74) is 3.06. The van der Waals surface area contributed by atoms with E-state index in [4.69, 9.17) is 0 Å². The third-order valence-electron chi connectivity index (χ3n) is 4.96. The molecule has 1 atom stereocenters. The Balaban J connectivity index is 1.89. The Morgan fingerprint density at radius 1 is 1.48 bits per heavy atom. The lowest BCUT2D eigenvalue weighted by molar-refractivity contribution is 0.142. The van der Waals surface area contributed by atoms with Gasteiger partial charge in [0.2, 0.25) is 0 Å². The average Bonchev–Trinajstić information content (AvgIpc) is 2.53. The zero-order chi connectivity index (χ0) is 16.7. The lowest BCUT2D eigenvalue weighted by Gasteiger charge is -2.42. The Morgan fingerprint density at radius 3 is 3.00 bits per heavy atom. The summed E-state index contributed by atoms with van der Waals surface area (Å²) in [4.78, 5) is 11.1. The lowest BCUT2D eigenvalue weighted by Crippen LogP contribution is -2.50. The summed E-state index contributed by atoms with van der Waals surface area (Å²) in [5, 5.41) is 3.55. The predicted octanol–water partition coefficient (Wildman–Crippen LogP) is 3.41. The summed E-state index contributed by atoms with van der Waals surface area (Å²) in [6, 6.07) is 2.11. The number of guanidine groups is 1. The fourth-order valence-electron chi connectivity index (χ4n) is 3.73. The topological polar surface area (TPSA) is 40.5 Å². The highest BCUT2D eigenvalue weighted by molar-refractivity contribution is 5.80. The van der Waals surface area contributed by atoms with E-state index in [1.807, 2.05) is 19.4 Å². The molecule has 1 aliphatic heterocycles. The van der Waals surface area contributed by atoms with Gasteiger partial charge in [0.25, 0.3) is 0 Å². The molecule has 1 saturated heterocycles. The van der Waals surface area contributed by atoms with Gasteiger partial charge < -0.3 is 10.2 Å². The van der Waals surface area contributed by atoms with Crippen LogP contribution >= 0.6 is 0 Å². The highest BCUT2D eigenvalue weighted by Crippen LogP contribution is 2.33. The van der Waals surface area contributed by atoms with Crippen LogP contribution < -0.4 is 5.32 Å². The molecule has 4 heteroatoms. The van der Waals surface area contributed by atoms with Gasteiger partial charge in [0.15, 0.2) is 5.96 Å². The van der Waals surface area contributed by atoms with Crippen LogP contribution in [0.3, 0.4) is 0 Å². The SMILES string of the molecule is CCCC1(C)CCCN(C(=NC)NCCc2ccncc2C)C1. The summed E-state index contributed by atoms with van der Waals surface area (Å²) in [6.07, 6.45) is 9.98. The quantitative estimate of drug-likeness (QED) is 0.668. The number of hydrogen-bond acceptors (Lipinski definition) is 2. The summed E-state index contributed by atoms with van der Waals surface area (Å²) in [5.74, 6) is 1.05. The highest BCUT2D eigenvalue weighted by atomic mass is 15.3. The molecule has 1 fully saturated rings. The highest BCUT2D eigenvalue weighted by Gasteiger charge is 2.31. The number of nitrogens with zero attached hydrogens (tertiary/aromatic N) is 3. The summed E-state index contributed by atoms with van der Waals surface area (Å²) >= 11 is 0. The molecule has 128 valence electrons. The second-order valence-corrected chi connectivity index (χ2v) is 7.11. The molecule has 0 aliphatic carbocycles. The Hall–Kier alpha value is -1.58. The fraction of sp³-hybridized carbons (Fsp3) is 0.684. The zero-order valence-corrected chi connectivity index (χ0v) is 15.2. The number of piperidine rings is 1. The third kappa shape index (κ3) is 4.95. The first kappa shape index (κ1) is 17.8. The van der Waals surface area contributed by atoms with Crippen LogP contribution in [-0.4, -0.2) is 42.5 Å². The van der Waals surface area contributed by atoms with Crippen LogP contribution in [0.1, 0.15) is 50.7 Å². The first-order valence-electron chi connectivity index (χ1n) is 8.93. The van der Waals surface area contributed by atoms with Crippen molar-refractivity contribution in [2.75, 3.05) is 26.7 Å². The molecule has 0 saturated carbocycles. The maximum atomic E-state index is 4.51. The molecule has 1 unspecified atom stereocenters. The van der Waals surface area contributed by atoms with Gasteiger partial charge in [-0.3, -0.25) is 9.98 Å². The fourth-order valence-corrected chi connectivity index (χ4v) is 3.73. The van der Waals surface area contributed by atoms with Gasteiger partial charge in [-0.2, -0.15) is 0 Å². The molecule has 0 aromatic carbocycles. The van der Waals surface area contributed by atoms with Crippen LogP contribution in [0.4, 0.5) is 0 Å². The molecule has 23 heavy (non-hydrogen) atoms. The van der Waals surface area contributed by atoms with Crippen LogP contribution in [0.5, 0.6) is 0 Å². The van der Waals surface area contributed by atoms with Crippen molar-refractivity contribution >= 4 is 5.96 Å². The third-order valence-corrected chi connectivity index (χ3v) is 4.96. The normalized spacial score (nSPS) is 22.3. The first-order valence-corrected chi connectivity index (χ1v) is 8.93. The maximum absolute atomic E-state index is 4.51. The van der Waals surface area contributed by atoms with E-state index in [1.54, 1.807) is 0 Å². The van der Waals surface area contributed by atoms with Gasteiger partial charge in [0.1, 0.15) is 0 Å². The number of rotatable bonds is 5. The minimum absolute atomic E-state index is 0.437. The van der Waals surface area contributed by atoms with Crippen molar-refractivity contribution in [2.24, 2.45) is 10.4 Å². The van der Waals surface area contributed by atoms with Crippen LogP contribution in [0, 0.1) is 12.3 Å². The number of pyridine rings is 1. The van der Waals surface area contributed by atoms with Gasteiger partial charge in [-0.1, -0.05) is 20.3 Å². The summed E-state index contributed by atoms with van der Waals surface area (Å²) in [6.45, 7) is 9.99. The number of likely N-dealkylation sites (tertiary alicyclic amines) is 1. The van der Waals surface area contributed by atoms with Gasteiger partial charge >= 0.3 is 0 Å². The molecule has 0 amide bonds. The van der Waals surface area contributed by atoms with Crippen molar-refractivity contribution in [2.45, 2.75) is 52.9 Å². The largest absolute Gasteiger partial charge is 0.356 e. The van der Waals surface area contributed by atoms with Gasteiger partial charge in [-0.25, -0.2) is 0 Å². The van der Waals surface area contributed by atoms with Crippen LogP contribution in [-0.2, 0) is 6.42 Å². The molecule has 1 N–H and O–H groups in total. The van der Waals surface area contributed by atoms with E-state index in [1.165, 1.54) is 36.8 Å². The minimum Gasteiger partial charge on any atom is -0.356 e. The van der Waals surface area contributed by atoms with Crippen molar-refractivity contribution in [3.8, 4) is 0 Å². The molecule has 4 nitrogen and oxygen atoms in total. The van der Waals surface area contributed by atoms with E-state index in [-0.39, 0.29) is 0 Å². The molecule has 1 aliphatic rings.